The van der Waals surface area contributed by atoms with E-state index in [1.54, 1.807) is 7.05 Å². The molecule has 0 amide bonds. The molecule has 2 N–H and O–H groups in total. The van der Waals surface area contributed by atoms with E-state index < -0.39 is 0 Å². The summed E-state index contributed by atoms with van der Waals surface area (Å²) >= 11 is 0. The third-order valence-corrected chi connectivity index (χ3v) is 2.77. The molecule has 0 radical (unpaired) electrons. The highest BCUT2D eigenvalue weighted by atomic mass is 15.6. The minimum Gasteiger partial charge on any atom is -0.378 e. The maximum absolute atomic E-state index is 6.17. The number of anilines is 1. The van der Waals surface area contributed by atoms with Gasteiger partial charge in [-0.1, -0.05) is 12.1 Å². The first-order valence-corrected chi connectivity index (χ1v) is 5.82. The van der Waals surface area contributed by atoms with Crippen molar-refractivity contribution in [2.75, 3.05) is 19.0 Å². The van der Waals surface area contributed by atoms with Crippen LogP contribution in [-0.2, 0) is 13.5 Å². The van der Waals surface area contributed by atoms with E-state index in [0.29, 0.717) is 12.2 Å². The second-order valence-electron chi connectivity index (χ2n) is 4.50. The zero-order chi connectivity index (χ0) is 13.1. The van der Waals surface area contributed by atoms with Crippen molar-refractivity contribution in [2.24, 2.45) is 12.8 Å². The minimum absolute atomic E-state index is 0.117. The highest BCUT2D eigenvalue weighted by Gasteiger charge is 2.11. The van der Waals surface area contributed by atoms with Crippen molar-refractivity contribution >= 4 is 5.69 Å². The third-order valence-electron chi connectivity index (χ3n) is 2.77. The van der Waals surface area contributed by atoms with Gasteiger partial charge in [0.15, 0.2) is 5.82 Å². The molecular formula is C12H18N6. The summed E-state index contributed by atoms with van der Waals surface area (Å²) in [4.78, 5) is 3.50. The van der Waals surface area contributed by atoms with Gasteiger partial charge in [-0.05, 0) is 22.9 Å². The van der Waals surface area contributed by atoms with Gasteiger partial charge in [0.05, 0.1) is 7.05 Å². The van der Waals surface area contributed by atoms with Crippen molar-refractivity contribution in [1.82, 2.24) is 20.2 Å². The first kappa shape index (κ1) is 12.5. The largest absolute Gasteiger partial charge is 0.378 e. The molecule has 0 aliphatic rings. The zero-order valence-corrected chi connectivity index (χ0v) is 10.9. The van der Waals surface area contributed by atoms with Crippen LogP contribution in [0.25, 0.3) is 0 Å². The SMILES string of the molecule is CN(C)c1cccc(C(N)Cc2nnn(C)n2)c1. The number of hydrogen-bond acceptors (Lipinski definition) is 5. The normalized spacial score (nSPS) is 12.4. The van der Waals surface area contributed by atoms with Gasteiger partial charge in [-0.2, -0.15) is 4.80 Å². The molecule has 0 spiro atoms. The number of benzene rings is 1. The van der Waals surface area contributed by atoms with Crippen LogP contribution in [0.4, 0.5) is 5.69 Å². The average molecular weight is 246 g/mol. The van der Waals surface area contributed by atoms with Gasteiger partial charge in [0.2, 0.25) is 0 Å². The van der Waals surface area contributed by atoms with Crippen LogP contribution < -0.4 is 10.6 Å². The lowest BCUT2D eigenvalue weighted by atomic mass is 10.0. The summed E-state index contributed by atoms with van der Waals surface area (Å²) in [5.74, 6) is 0.667. The summed E-state index contributed by atoms with van der Waals surface area (Å²) in [5.41, 5.74) is 8.38. The Morgan fingerprint density at radius 1 is 1.39 bits per heavy atom. The van der Waals surface area contributed by atoms with Crippen molar-refractivity contribution in [3.63, 3.8) is 0 Å². The Hall–Kier alpha value is -1.95. The summed E-state index contributed by atoms with van der Waals surface area (Å²) in [5, 5.41) is 11.9. The lowest BCUT2D eigenvalue weighted by Gasteiger charge is -2.16. The lowest BCUT2D eigenvalue weighted by Crippen LogP contribution is -2.16. The molecule has 6 nitrogen and oxygen atoms in total. The van der Waals surface area contributed by atoms with Gasteiger partial charge in [-0.25, -0.2) is 0 Å². The molecular weight excluding hydrogens is 228 g/mol. The molecule has 0 bridgehead atoms. The van der Waals surface area contributed by atoms with E-state index >= 15 is 0 Å². The van der Waals surface area contributed by atoms with Gasteiger partial charge >= 0.3 is 0 Å². The monoisotopic (exact) mass is 246 g/mol. The summed E-state index contributed by atoms with van der Waals surface area (Å²) < 4.78 is 0. The van der Waals surface area contributed by atoms with E-state index in [-0.39, 0.29) is 6.04 Å². The van der Waals surface area contributed by atoms with Crippen LogP contribution in [0.5, 0.6) is 0 Å². The van der Waals surface area contributed by atoms with Crippen molar-refractivity contribution in [1.29, 1.82) is 0 Å². The summed E-state index contributed by atoms with van der Waals surface area (Å²) in [7, 11) is 5.76. The molecule has 18 heavy (non-hydrogen) atoms. The van der Waals surface area contributed by atoms with Crippen LogP contribution in [0.15, 0.2) is 24.3 Å². The second-order valence-corrected chi connectivity index (χ2v) is 4.50. The molecule has 1 unspecified atom stereocenters. The van der Waals surface area contributed by atoms with Crippen molar-refractivity contribution in [3.8, 4) is 0 Å². The molecule has 2 aromatic rings. The number of tetrazole rings is 1. The fraction of sp³-hybridized carbons (Fsp3) is 0.417. The maximum atomic E-state index is 6.17. The smallest absolute Gasteiger partial charge is 0.176 e. The van der Waals surface area contributed by atoms with Gasteiger partial charge in [-0.15, -0.1) is 10.2 Å². The molecule has 1 aromatic heterocycles. The van der Waals surface area contributed by atoms with Gasteiger partial charge in [-0.3, -0.25) is 0 Å². The van der Waals surface area contributed by atoms with Crippen molar-refractivity contribution in [2.45, 2.75) is 12.5 Å². The van der Waals surface area contributed by atoms with Crippen LogP contribution in [0.2, 0.25) is 0 Å². The van der Waals surface area contributed by atoms with Crippen molar-refractivity contribution < 1.29 is 0 Å². The molecule has 0 aliphatic heterocycles. The Bertz CT molecular complexity index is 519. The Kier molecular flexibility index (Phi) is 3.57. The van der Waals surface area contributed by atoms with Crippen LogP contribution >= 0.6 is 0 Å². The number of hydrogen-bond donors (Lipinski definition) is 1. The predicted molar refractivity (Wildman–Crippen MR) is 70.2 cm³/mol. The molecule has 6 heteroatoms. The molecule has 0 saturated heterocycles. The van der Waals surface area contributed by atoms with Gasteiger partial charge < -0.3 is 10.6 Å². The van der Waals surface area contributed by atoms with Crippen LogP contribution in [-0.4, -0.2) is 34.3 Å². The lowest BCUT2D eigenvalue weighted by molar-refractivity contribution is 0.622. The van der Waals surface area contributed by atoms with Crippen LogP contribution in [0.1, 0.15) is 17.4 Å². The first-order valence-electron chi connectivity index (χ1n) is 5.82. The molecule has 96 valence electrons. The standard InChI is InChI=1S/C12H18N6/c1-17(2)10-6-4-5-9(7-10)11(13)8-12-14-16-18(3)15-12/h4-7,11H,8,13H2,1-3H3. The number of nitrogens with zero attached hydrogens (tertiary/aromatic N) is 5. The summed E-state index contributed by atoms with van der Waals surface area (Å²) in [6.07, 6.45) is 0.588. The molecule has 1 aromatic carbocycles. The van der Waals surface area contributed by atoms with E-state index in [2.05, 4.69) is 32.4 Å². The fourth-order valence-electron chi connectivity index (χ4n) is 1.75. The van der Waals surface area contributed by atoms with Gasteiger partial charge in [0.25, 0.3) is 0 Å². The molecule has 0 saturated carbocycles. The molecule has 0 aliphatic carbocycles. The highest BCUT2D eigenvalue weighted by molar-refractivity contribution is 5.47. The Morgan fingerprint density at radius 3 is 2.78 bits per heavy atom. The Morgan fingerprint density at radius 2 is 2.17 bits per heavy atom. The topological polar surface area (TPSA) is 72.9 Å². The van der Waals surface area contributed by atoms with Gasteiger partial charge in [0.1, 0.15) is 0 Å². The Balaban J connectivity index is 2.13. The quantitative estimate of drug-likeness (QED) is 0.851. The van der Waals surface area contributed by atoms with Crippen LogP contribution in [0.3, 0.4) is 0 Å². The fourth-order valence-corrected chi connectivity index (χ4v) is 1.75. The van der Waals surface area contributed by atoms with E-state index in [9.17, 15) is 0 Å². The van der Waals surface area contributed by atoms with Crippen LogP contribution in [0, 0.1) is 0 Å². The second kappa shape index (κ2) is 5.14. The average Bonchev–Trinajstić information content (AvgIpc) is 2.75. The number of aryl methyl sites for hydroxylation is 1. The number of rotatable bonds is 4. The first-order chi connectivity index (χ1) is 8.56. The maximum Gasteiger partial charge on any atom is 0.176 e. The minimum atomic E-state index is -0.117. The number of nitrogens with two attached hydrogens (primary N) is 1. The molecule has 1 heterocycles. The highest BCUT2D eigenvalue weighted by Crippen LogP contribution is 2.19. The molecule has 2 rings (SSSR count). The van der Waals surface area contributed by atoms with E-state index in [1.807, 2.05) is 26.2 Å². The molecule has 1 atom stereocenters. The van der Waals surface area contributed by atoms with Crippen molar-refractivity contribution in [3.05, 3.63) is 35.7 Å². The summed E-state index contributed by atoms with van der Waals surface area (Å²) in [6, 6.07) is 8.05. The van der Waals surface area contributed by atoms with E-state index in [1.165, 1.54) is 4.80 Å². The molecule has 0 fully saturated rings. The number of aromatic nitrogens is 4. The predicted octanol–water partition coefficient (Wildman–Crippen LogP) is 0.519. The van der Waals surface area contributed by atoms with Gasteiger partial charge in [0, 0.05) is 32.2 Å². The summed E-state index contributed by atoms with van der Waals surface area (Å²) in [6.45, 7) is 0. The third kappa shape index (κ3) is 2.84. The van der Waals surface area contributed by atoms with E-state index in [0.717, 1.165) is 11.3 Å². The Labute approximate surface area is 106 Å². The zero-order valence-electron chi connectivity index (χ0n) is 10.9. The van der Waals surface area contributed by atoms with E-state index in [4.69, 9.17) is 5.73 Å².